The van der Waals surface area contributed by atoms with Gasteiger partial charge in [0.1, 0.15) is 5.82 Å². The molecule has 1 saturated heterocycles. The fourth-order valence-electron chi connectivity index (χ4n) is 2.25. The molecule has 6 heteroatoms. The highest BCUT2D eigenvalue weighted by Gasteiger charge is 2.25. The largest absolute Gasteiger partial charge is 0.465 e. The summed E-state index contributed by atoms with van der Waals surface area (Å²) in [5, 5.41) is 9.01. The zero-order chi connectivity index (χ0) is 13.1. The van der Waals surface area contributed by atoms with Crippen LogP contribution in [-0.4, -0.2) is 47.3 Å². The molecule has 0 spiro atoms. The summed E-state index contributed by atoms with van der Waals surface area (Å²) in [6, 6.07) is 3.72. The fourth-order valence-corrected chi connectivity index (χ4v) is 2.25. The third-order valence-electron chi connectivity index (χ3n) is 3.38. The molecule has 1 amide bonds. The first-order valence-electron chi connectivity index (χ1n) is 6.00. The van der Waals surface area contributed by atoms with Gasteiger partial charge in [0.2, 0.25) is 0 Å². The first-order chi connectivity index (χ1) is 8.58. The highest BCUT2D eigenvalue weighted by atomic mass is 16.4. The van der Waals surface area contributed by atoms with Crippen molar-refractivity contribution in [2.45, 2.75) is 18.9 Å². The molecule has 1 aliphatic heterocycles. The normalized spacial score (nSPS) is 19.6. The van der Waals surface area contributed by atoms with Crippen LogP contribution < -0.4 is 10.6 Å². The van der Waals surface area contributed by atoms with Crippen LogP contribution in [0.4, 0.5) is 16.3 Å². The number of carboxylic acid groups (broad SMARTS) is 1. The van der Waals surface area contributed by atoms with Gasteiger partial charge in [0.15, 0.2) is 0 Å². The maximum absolute atomic E-state index is 11.0. The number of nitrogens with two attached hydrogens (primary N) is 1. The molecule has 0 aromatic carbocycles. The van der Waals surface area contributed by atoms with Gasteiger partial charge in [-0.3, -0.25) is 0 Å². The van der Waals surface area contributed by atoms with Crippen LogP contribution in [0.3, 0.4) is 0 Å². The number of carbonyl (C=O) groups is 1. The summed E-state index contributed by atoms with van der Waals surface area (Å²) in [6.07, 6.45) is 2.74. The van der Waals surface area contributed by atoms with E-state index in [9.17, 15) is 4.79 Å². The Kier molecular flexibility index (Phi) is 3.55. The molecule has 18 heavy (non-hydrogen) atoms. The van der Waals surface area contributed by atoms with Gasteiger partial charge >= 0.3 is 6.09 Å². The van der Waals surface area contributed by atoms with Crippen LogP contribution in [0.1, 0.15) is 12.8 Å². The van der Waals surface area contributed by atoms with Crippen LogP contribution in [-0.2, 0) is 0 Å². The van der Waals surface area contributed by atoms with E-state index in [4.69, 9.17) is 10.8 Å². The molecule has 0 radical (unpaired) electrons. The van der Waals surface area contributed by atoms with Crippen molar-refractivity contribution in [3.63, 3.8) is 0 Å². The van der Waals surface area contributed by atoms with E-state index in [0.717, 1.165) is 25.1 Å². The van der Waals surface area contributed by atoms with Gasteiger partial charge < -0.3 is 20.6 Å². The Morgan fingerprint density at radius 3 is 3.00 bits per heavy atom. The van der Waals surface area contributed by atoms with Gasteiger partial charge in [0.25, 0.3) is 0 Å². The van der Waals surface area contributed by atoms with Gasteiger partial charge in [0.05, 0.1) is 17.9 Å². The SMILES string of the molecule is CN(C(=O)O)[C@@H]1CCCN(c2ccc(N)nc2)C1. The second-order valence-corrected chi connectivity index (χ2v) is 4.58. The number of amides is 1. The Morgan fingerprint density at radius 2 is 2.39 bits per heavy atom. The highest BCUT2D eigenvalue weighted by molar-refractivity contribution is 5.65. The van der Waals surface area contributed by atoms with Crippen molar-refractivity contribution in [2.24, 2.45) is 0 Å². The predicted molar refractivity (Wildman–Crippen MR) is 69.7 cm³/mol. The maximum Gasteiger partial charge on any atom is 0.407 e. The van der Waals surface area contributed by atoms with Crippen LogP contribution >= 0.6 is 0 Å². The van der Waals surface area contributed by atoms with Crippen molar-refractivity contribution >= 4 is 17.6 Å². The van der Waals surface area contributed by atoms with Gasteiger partial charge in [-0.2, -0.15) is 0 Å². The predicted octanol–water partition coefficient (Wildman–Crippen LogP) is 1.24. The molecular formula is C12H18N4O2. The summed E-state index contributed by atoms with van der Waals surface area (Å²) in [5.41, 5.74) is 6.55. The summed E-state index contributed by atoms with van der Waals surface area (Å²) in [5.74, 6) is 0.495. The third kappa shape index (κ3) is 2.64. The number of nitrogen functional groups attached to an aromatic ring is 1. The number of piperidine rings is 1. The first-order valence-corrected chi connectivity index (χ1v) is 6.00. The maximum atomic E-state index is 11.0. The lowest BCUT2D eigenvalue weighted by atomic mass is 10.0. The second-order valence-electron chi connectivity index (χ2n) is 4.58. The molecule has 1 atom stereocenters. The second kappa shape index (κ2) is 5.12. The molecular weight excluding hydrogens is 232 g/mol. The molecule has 0 bridgehead atoms. The van der Waals surface area contributed by atoms with Crippen LogP contribution in [0.15, 0.2) is 18.3 Å². The number of hydrogen-bond donors (Lipinski definition) is 2. The molecule has 3 N–H and O–H groups in total. The Bertz CT molecular complexity index is 421. The monoisotopic (exact) mass is 250 g/mol. The summed E-state index contributed by atoms with van der Waals surface area (Å²) in [4.78, 5) is 18.6. The molecule has 2 heterocycles. The van der Waals surface area contributed by atoms with E-state index >= 15 is 0 Å². The van der Waals surface area contributed by atoms with Crippen molar-refractivity contribution < 1.29 is 9.90 Å². The Morgan fingerprint density at radius 1 is 1.61 bits per heavy atom. The summed E-state index contributed by atoms with van der Waals surface area (Å²) in [6.45, 7) is 1.63. The van der Waals surface area contributed by atoms with Crippen LogP contribution in [0.5, 0.6) is 0 Å². The number of pyridine rings is 1. The van der Waals surface area contributed by atoms with Crippen molar-refractivity contribution in [1.29, 1.82) is 0 Å². The number of hydrogen-bond acceptors (Lipinski definition) is 4. The van der Waals surface area contributed by atoms with E-state index < -0.39 is 6.09 Å². The van der Waals surface area contributed by atoms with Gasteiger partial charge in [-0.1, -0.05) is 0 Å². The molecule has 0 aliphatic carbocycles. The molecule has 1 aliphatic rings. The van der Waals surface area contributed by atoms with E-state index in [0.29, 0.717) is 12.4 Å². The quantitative estimate of drug-likeness (QED) is 0.825. The standard InChI is InChI=1S/C12H18N4O2/c1-15(12(17)18)10-3-2-6-16(8-10)9-4-5-11(13)14-7-9/h4-5,7,10H,2-3,6,8H2,1H3,(H2,13,14)(H,17,18)/t10-/m1/s1. The third-order valence-corrected chi connectivity index (χ3v) is 3.38. The van der Waals surface area contributed by atoms with Gasteiger partial charge in [-0.15, -0.1) is 0 Å². The molecule has 0 saturated carbocycles. The molecule has 1 fully saturated rings. The van der Waals surface area contributed by atoms with Crippen LogP contribution in [0.2, 0.25) is 0 Å². The summed E-state index contributed by atoms with van der Waals surface area (Å²) >= 11 is 0. The number of rotatable bonds is 2. The number of anilines is 2. The lowest BCUT2D eigenvalue weighted by Gasteiger charge is -2.37. The van der Waals surface area contributed by atoms with E-state index in [1.165, 1.54) is 4.90 Å². The smallest absolute Gasteiger partial charge is 0.407 e. The van der Waals surface area contributed by atoms with Crippen molar-refractivity contribution in [3.05, 3.63) is 18.3 Å². The van der Waals surface area contributed by atoms with Crippen molar-refractivity contribution in [3.8, 4) is 0 Å². The Hall–Kier alpha value is -1.98. The molecule has 1 aromatic heterocycles. The Labute approximate surface area is 106 Å². The highest BCUT2D eigenvalue weighted by Crippen LogP contribution is 2.21. The average Bonchev–Trinajstić information content (AvgIpc) is 2.38. The summed E-state index contributed by atoms with van der Waals surface area (Å²) < 4.78 is 0. The molecule has 98 valence electrons. The average molecular weight is 250 g/mol. The van der Waals surface area contributed by atoms with E-state index in [1.54, 1.807) is 19.3 Å². The fraction of sp³-hybridized carbons (Fsp3) is 0.500. The topological polar surface area (TPSA) is 82.7 Å². The number of aromatic nitrogens is 1. The molecule has 0 unspecified atom stereocenters. The molecule has 1 aromatic rings. The first kappa shape index (κ1) is 12.5. The van der Waals surface area contributed by atoms with Crippen LogP contribution in [0, 0.1) is 0 Å². The lowest BCUT2D eigenvalue weighted by Crippen LogP contribution is -2.48. The molecule has 2 rings (SSSR count). The van der Waals surface area contributed by atoms with E-state index in [1.807, 2.05) is 6.07 Å². The number of likely N-dealkylation sites (N-methyl/N-ethyl adjacent to an activating group) is 1. The minimum Gasteiger partial charge on any atom is -0.465 e. The summed E-state index contributed by atoms with van der Waals surface area (Å²) in [7, 11) is 1.62. The van der Waals surface area contributed by atoms with Crippen molar-refractivity contribution in [2.75, 3.05) is 30.8 Å². The minimum atomic E-state index is -0.878. The lowest BCUT2D eigenvalue weighted by molar-refractivity contribution is 0.133. The van der Waals surface area contributed by atoms with Gasteiger partial charge in [0, 0.05) is 20.1 Å². The van der Waals surface area contributed by atoms with Crippen LogP contribution in [0.25, 0.3) is 0 Å². The zero-order valence-corrected chi connectivity index (χ0v) is 10.4. The Balaban J connectivity index is 2.06. The van der Waals surface area contributed by atoms with Gasteiger partial charge in [-0.05, 0) is 25.0 Å². The van der Waals surface area contributed by atoms with E-state index in [-0.39, 0.29) is 6.04 Å². The number of nitrogens with zero attached hydrogens (tertiary/aromatic N) is 3. The van der Waals surface area contributed by atoms with Gasteiger partial charge in [-0.25, -0.2) is 9.78 Å². The van der Waals surface area contributed by atoms with Crippen molar-refractivity contribution in [1.82, 2.24) is 9.88 Å². The molecule has 6 nitrogen and oxygen atoms in total. The zero-order valence-electron chi connectivity index (χ0n) is 10.4. The minimum absolute atomic E-state index is 0.0359. The van der Waals surface area contributed by atoms with E-state index in [2.05, 4.69) is 9.88 Å².